The molecule has 1 saturated heterocycles. The fourth-order valence-electron chi connectivity index (χ4n) is 2.32. The van der Waals surface area contributed by atoms with Crippen molar-refractivity contribution in [2.75, 3.05) is 25.1 Å². The van der Waals surface area contributed by atoms with Crippen molar-refractivity contribution in [3.05, 3.63) is 29.8 Å². The van der Waals surface area contributed by atoms with Gasteiger partial charge in [0, 0.05) is 18.9 Å². The molecular formula is C16H21NO5. The average molecular weight is 307 g/mol. The van der Waals surface area contributed by atoms with Crippen LogP contribution in [0.25, 0.3) is 0 Å². The molecule has 120 valence electrons. The molecule has 1 fully saturated rings. The van der Waals surface area contributed by atoms with Gasteiger partial charge in [-0.15, -0.1) is 0 Å². The molecule has 1 amide bonds. The van der Waals surface area contributed by atoms with Crippen LogP contribution >= 0.6 is 0 Å². The molecule has 1 aromatic rings. The lowest BCUT2D eigenvalue weighted by molar-refractivity contribution is -0.136. The summed E-state index contributed by atoms with van der Waals surface area (Å²) in [6, 6.07) is 6.86. The van der Waals surface area contributed by atoms with E-state index in [0.717, 1.165) is 12.8 Å². The molecule has 1 aromatic carbocycles. The minimum absolute atomic E-state index is 0.0590. The Bertz CT molecular complexity index is 511. The molecule has 0 radical (unpaired) electrons. The van der Waals surface area contributed by atoms with E-state index in [0.29, 0.717) is 31.1 Å². The van der Waals surface area contributed by atoms with Crippen LogP contribution in [-0.4, -0.2) is 42.9 Å². The molecule has 0 bridgehead atoms. The molecule has 0 saturated carbocycles. The molecule has 0 aromatic heterocycles. The van der Waals surface area contributed by atoms with E-state index in [9.17, 15) is 9.59 Å². The van der Waals surface area contributed by atoms with Crippen molar-refractivity contribution in [2.24, 2.45) is 0 Å². The number of carboxylic acid groups (broad SMARTS) is 1. The maximum atomic E-state index is 11.9. The van der Waals surface area contributed by atoms with Crippen molar-refractivity contribution in [1.29, 1.82) is 0 Å². The summed E-state index contributed by atoms with van der Waals surface area (Å²) >= 11 is 0. The van der Waals surface area contributed by atoms with Crippen molar-refractivity contribution in [1.82, 2.24) is 0 Å². The highest BCUT2D eigenvalue weighted by molar-refractivity contribution is 5.90. The van der Waals surface area contributed by atoms with Gasteiger partial charge in [-0.1, -0.05) is 12.1 Å². The van der Waals surface area contributed by atoms with Gasteiger partial charge in [-0.3, -0.25) is 9.59 Å². The summed E-state index contributed by atoms with van der Waals surface area (Å²) in [4.78, 5) is 22.5. The molecule has 1 heterocycles. The number of amides is 1. The van der Waals surface area contributed by atoms with E-state index in [1.165, 1.54) is 0 Å². The van der Waals surface area contributed by atoms with Crippen LogP contribution in [0.3, 0.4) is 0 Å². The quantitative estimate of drug-likeness (QED) is 0.803. The second kappa shape index (κ2) is 8.51. The van der Waals surface area contributed by atoms with Crippen molar-refractivity contribution in [3.8, 4) is 0 Å². The minimum atomic E-state index is -0.895. The summed E-state index contributed by atoms with van der Waals surface area (Å²) < 4.78 is 10.9. The number of nitrogens with one attached hydrogen (secondary N) is 1. The predicted octanol–water partition coefficient (Wildman–Crippen LogP) is 1.84. The Morgan fingerprint density at radius 3 is 2.82 bits per heavy atom. The molecule has 0 unspecified atom stereocenters. The Hall–Kier alpha value is -1.92. The molecular weight excluding hydrogens is 286 g/mol. The standard InChI is InChI=1S/C16H21NO5/c18-15(6-9-22-14-4-7-21-8-5-14)17-13-3-1-2-12(10-13)11-16(19)20/h1-3,10,14H,4-9,11H2,(H,17,18)(H,19,20). The maximum absolute atomic E-state index is 11.9. The van der Waals surface area contributed by atoms with E-state index in [2.05, 4.69) is 5.32 Å². The second-order valence-corrected chi connectivity index (χ2v) is 5.25. The Balaban J connectivity index is 1.73. The molecule has 0 atom stereocenters. The number of hydrogen-bond donors (Lipinski definition) is 2. The zero-order valence-electron chi connectivity index (χ0n) is 12.4. The summed E-state index contributed by atoms with van der Waals surface area (Å²) in [7, 11) is 0. The molecule has 2 rings (SSSR count). The van der Waals surface area contributed by atoms with Gasteiger partial charge in [0.15, 0.2) is 0 Å². The number of anilines is 1. The zero-order chi connectivity index (χ0) is 15.8. The highest BCUT2D eigenvalue weighted by atomic mass is 16.5. The third-order valence-electron chi connectivity index (χ3n) is 3.42. The summed E-state index contributed by atoms with van der Waals surface area (Å²) in [5.74, 6) is -1.03. The summed E-state index contributed by atoms with van der Waals surface area (Å²) in [5, 5.41) is 11.5. The van der Waals surface area contributed by atoms with E-state index in [1.807, 2.05) is 0 Å². The second-order valence-electron chi connectivity index (χ2n) is 5.25. The molecule has 1 aliphatic rings. The largest absolute Gasteiger partial charge is 0.481 e. The smallest absolute Gasteiger partial charge is 0.307 e. The molecule has 1 aliphatic heterocycles. The first-order valence-corrected chi connectivity index (χ1v) is 7.43. The monoisotopic (exact) mass is 307 g/mol. The Morgan fingerprint density at radius 2 is 2.09 bits per heavy atom. The minimum Gasteiger partial charge on any atom is -0.481 e. The fraction of sp³-hybridized carbons (Fsp3) is 0.500. The van der Waals surface area contributed by atoms with Crippen LogP contribution in [-0.2, 0) is 25.5 Å². The van der Waals surface area contributed by atoms with Crippen LogP contribution in [0.15, 0.2) is 24.3 Å². The molecule has 2 N–H and O–H groups in total. The predicted molar refractivity (Wildman–Crippen MR) is 80.8 cm³/mol. The number of benzene rings is 1. The van der Waals surface area contributed by atoms with Gasteiger partial charge in [0.1, 0.15) is 0 Å². The first-order valence-electron chi connectivity index (χ1n) is 7.43. The van der Waals surface area contributed by atoms with Gasteiger partial charge in [0.25, 0.3) is 0 Å². The lowest BCUT2D eigenvalue weighted by atomic mass is 10.1. The van der Waals surface area contributed by atoms with Gasteiger partial charge in [-0.2, -0.15) is 0 Å². The number of carbonyl (C=O) groups excluding carboxylic acids is 1. The Morgan fingerprint density at radius 1 is 1.32 bits per heavy atom. The average Bonchev–Trinajstić information content (AvgIpc) is 2.48. The van der Waals surface area contributed by atoms with Crippen LogP contribution in [0.2, 0.25) is 0 Å². The van der Waals surface area contributed by atoms with Crippen LogP contribution in [0.1, 0.15) is 24.8 Å². The highest BCUT2D eigenvalue weighted by Gasteiger charge is 2.14. The number of rotatable bonds is 7. The van der Waals surface area contributed by atoms with Crippen molar-refractivity contribution in [3.63, 3.8) is 0 Å². The lowest BCUT2D eigenvalue weighted by Crippen LogP contribution is -2.25. The van der Waals surface area contributed by atoms with E-state index in [4.69, 9.17) is 14.6 Å². The first-order chi connectivity index (χ1) is 10.6. The molecule has 22 heavy (non-hydrogen) atoms. The van der Waals surface area contributed by atoms with Gasteiger partial charge >= 0.3 is 5.97 Å². The van der Waals surface area contributed by atoms with Gasteiger partial charge in [0.2, 0.25) is 5.91 Å². The number of ether oxygens (including phenoxy) is 2. The van der Waals surface area contributed by atoms with E-state index >= 15 is 0 Å². The normalized spacial score (nSPS) is 15.5. The highest BCUT2D eigenvalue weighted by Crippen LogP contribution is 2.13. The SMILES string of the molecule is O=C(O)Cc1cccc(NC(=O)CCOC2CCOCC2)c1. The van der Waals surface area contributed by atoms with Crippen LogP contribution in [0.5, 0.6) is 0 Å². The summed E-state index contributed by atoms with van der Waals surface area (Å²) in [6.07, 6.45) is 2.15. The summed E-state index contributed by atoms with van der Waals surface area (Å²) in [5.41, 5.74) is 1.26. The number of carbonyl (C=O) groups is 2. The third-order valence-corrected chi connectivity index (χ3v) is 3.42. The molecule has 0 aliphatic carbocycles. The lowest BCUT2D eigenvalue weighted by Gasteiger charge is -2.22. The van der Waals surface area contributed by atoms with Crippen molar-refractivity contribution in [2.45, 2.75) is 31.8 Å². The Labute approximate surface area is 129 Å². The number of hydrogen-bond acceptors (Lipinski definition) is 4. The topological polar surface area (TPSA) is 84.9 Å². The van der Waals surface area contributed by atoms with Crippen molar-refractivity contribution < 1.29 is 24.2 Å². The summed E-state index contributed by atoms with van der Waals surface area (Å²) in [6.45, 7) is 1.81. The van der Waals surface area contributed by atoms with E-state index in [-0.39, 0.29) is 24.9 Å². The molecule has 0 spiro atoms. The molecule has 6 nitrogen and oxygen atoms in total. The zero-order valence-corrected chi connectivity index (χ0v) is 12.4. The molecule has 6 heteroatoms. The van der Waals surface area contributed by atoms with Crippen LogP contribution in [0, 0.1) is 0 Å². The van der Waals surface area contributed by atoms with Crippen LogP contribution in [0.4, 0.5) is 5.69 Å². The van der Waals surface area contributed by atoms with Gasteiger partial charge in [-0.05, 0) is 30.5 Å². The van der Waals surface area contributed by atoms with Gasteiger partial charge in [-0.25, -0.2) is 0 Å². The number of aliphatic carboxylic acids is 1. The Kier molecular flexibility index (Phi) is 6.36. The first kappa shape index (κ1) is 16.5. The van der Waals surface area contributed by atoms with E-state index < -0.39 is 5.97 Å². The van der Waals surface area contributed by atoms with E-state index in [1.54, 1.807) is 24.3 Å². The fourth-order valence-corrected chi connectivity index (χ4v) is 2.32. The van der Waals surface area contributed by atoms with Crippen LogP contribution < -0.4 is 5.32 Å². The number of carboxylic acids is 1. The van der Waals surface area contributed by atoms with Gasteiger partial charge in [0.05, 0.1) is 25.6 Å². The third kappa shape index (κ3) is 5.83. The van der Waals surface area contributed by atoms with Crippen molar-refractivity contribution >= 4 is 17.6 Å². The maximum Gasteiger partial charge on any atom is 0.307 e. The van der Waals surface area contributed by atoms with Gasteiger partial charge < -0.3 is 19.9 Å².